The van der Waals surface area contributed by atoms with E-state index in [2.05, 4.69) is 5.32 Å². The van der Waals surface area contributed by atoms with Gasteiger partial charge in [-0.1, -0.05) is 0 Å². The summed E-state index contributed by atoms with van der Waals surface area (Å²) in [6.07, 6.45) is 2.70. The third-order valence-electron chi connectivity index (χ3n) is 2.86. The number of carbonyl (C=O) groups excluding carboxylic acids is 1. The third kappa shape index (κ3) is 5.40. The lowest BCUT2D eigenvalue weighted by Crippen LogP contribution is -2.44. The Kier molecular flexibility index (Phi) is 6.50. The van der Waals surface area contributed by atoms with E-state index in [0.29, 0.717) is 0 Å². The van der Waals surface area contributed by atoms with Gasteiger partial charge in [-0.3, -0.25) is 0 Å². The summed E-state index contributed by atoms with van der Waals surface area (Å²) in [5, 5.41) is 2.99. The van der Waals surface area contributed by atoms with Crippen molar-refractivity contribution in [3.8, 4) is 0 Å². The van der Waals surface area contributed by atoms with Crippen molar-refractivity contribution < 1.29 is 9.21 Å². The molecule has 0 aliphatic carbocycles. The number of carbonyl (C=O) groups is 1. The molecular weight excluding hydrogens is 280 g/mol. The van der Waals surface area contributed by atoms with Gasteiger partial charge in [0.2, 0.25) is 0 Å². The van der Waals surface area contributed by atoms with E-state index >= 15 is 0 Å². The van der Waals surface area contributed by atoms with E-state index in [1.807, 2.05) is 40.6 Å². The fraction of sp³-hybridized carbons (Fsp3) is 0.615. The summed E-state index contributed by atoms with van der Waals surface area (Å²) in [5.41, 5.74) is 0. The molecule has 0 unspecified atom stereocenters. The van der Waals surface area contributed by atoms with Gasteiger partial charge in [0, 0.05) is 31.1 Å². The molecule has 2 rings (SSSR count). The summed E-state index contributed by atoms with van der Waals surface area (Å²) < 4.78 is 5.26. The highest BCUT2D eigenvalue weighted by Crippen LogP contribution is 2.13. The van der Waals surface area contributed by atoms with Crippen LogP contribution in [-0.4, -0.2) is 47.8 Å². The molecule has 1 aliphatic rings. The first-order valence-corrected chi connectivity index (χ1v) is 8.88. The molecule has 1 N–H and O–H groups in total. The first kappa shape index (κ1) is 14.7. The average Bonchev–Trinajstić information content (AvgIpc) is 2.96. The maximum atomic E-state index is 11.8. The van der Waals surface area contributed by atoms with Crippen LogP contribution in [0.15, 0.2) is 22.8 Å². The molecule has 0 radical (unpaired) electrons. The predicted molar refractivity (Wildman–Crippen MR) is 81.8 cm³/mol. The Bertz CT molecular complexity index is 365. The van der Waals surface area contributed by atoms with Crippen LogP contribution in [0.3, 0.4) is 0 Å². The zero-order valence-corrected chi connectivity index (χ0v) is 12.6. The van der Waals surface area contributed by atoms with E-state index in [4.69, 9.17) is 4.42 Å². The number of nitrogens with zero attached hydrogens (tertiary/aromatic N) is 1. The van der Waals surface area contributed by atoms with Crippen molar-refractivity contribution in [1.29, 1.82) is 0 Å². The number of hydrogen-bond donors (Lipinski definition) is 1. The highest BCUT2D eigenvalue weighted by Gasteiger charge is 2.15. The Morgan fingerprint density at radius 2 is 2.32 bits per heavy atom. The number of furan rings is 1. The summed E-state index contributed by atoms with van der Waals surface area (Å²) >= 11 is 3.75. The van der Waals surface area contributed by atoms with Crippen LogP contribution >= 0.6 is 23.5 Å². The number of urea groups is 1. The maximum absolute atomic E-state index is 11.8. The Hall–Kier alpha value is -0.750. The quantitative estimate of drug-likeness (QED) is 0.821. The van der Waals surface area contributed by atoms with Crippen molar-refractivity contribution in [3.05, 3.63) is 24.2 Å². The third-order valence-corrected chi connectivity index (χ3v) is 4.87. The summed E-state index contributed by atoms with van der Waals surface area (Å²) in [6, 6.07) is 3.99. The first-order valence-electron chi connectivity index (χ1n) is 6.57. The molecule has 106 valence electrons. The molecule has 0 aromatic carbocycles. The molecule has 1 aromatic rings. The first-order chi connectivity index (χ1) is 9.36. The van der Waals surface area contributed by atoms with Gasteiger partial charge in [-0.15, -0.1) is 0 Å². The van der Waals surface area contributed by atoms with Gasteiger partial charge in [0.15, 0.2) is 0 Å². The van der Waals surface area contributed by atoms with Crippen molar-refractivity contribution >= 4 is 29.6 Å². The lowest BCUT2D eigenvalue weighted by atomic mass is 10.4. The Morgan fingerprint density at radius 1 is 1.47 bits per heavy atom. The van der Waals surface area contributed by atoms with E-state index in [-0.39, 0.29) is 6.03 Å². The Labute approximate surface area is 122 Å². The van der Waals surface area contributed by atoms with Crippen LogP contribution in [-0.2, 0) is 5.75 Å². The summed E-state index contributed by atoms with van der Waals surface area (Å²) in [5.74, 6) is 5.08. The van der Waals surface area contributed by atoms with Crippen LogP contribution < -0.4 is 5.32 Å². The standard InChI is InChI=1S/C13H20N2O2S2/c16-13(15-5-9-18-10-6-15)14-4-2-8-19-11-12-3-1-7-17-12/h1,3,7H,2,4-6,8-11H2,(H,14,16). The second kappa shape index (κ2) is 8.43. The second-order valence-corrected chi connectivity index (χ2v) is 6.65. The molecule has 0 saturated carbocycles. The second-order valence-electron chi connectivity index (χ2n) is 4.32. The fourth-order valence-corrected chi connectivity index (χ4v) is 3.58. The fourth-order valence-electron chi connectivity index (χ4n) is 1.82. The molecule has 2 amide bonds. The SMILES string of the molecule is O=C(NCCCSCc1ccco1)N1CCSCC1. The van der Waals surface area contributed by atoms with E-state index < -0.39 is 0 Å². The summed E-state index contributed by atoms with van der Waals surface area (Å²) in [4.78, 5) is 13.7. The molecule has 0 atom stereocenters. The Morgan fingerprint density at radius 3 is 3.05 bits per heavy atom. The van der Waals surface area contributed by atoms with Gasteiger partial charge < -0.3 is 14.6 Å². The highest BCUT2D eigenvalue weighted by molar-refractivity contribution is 7.99. The molecule has 6 heteroatoms. The van der Waals surface area contributed by atoms with Gasteiger partial charge in [-0.25, -0.2) is 4.79 Å². The largest absolute Gasteiger partial charge is 0.468 e. The lowest BCUT2D eigenvalue weighted by Gasteiger charge is -2.26. The van der Waals surface area contributed by atoms with Gasteiger partial charge in [0.05, 0.1) is 12.0 Å². The zero-order valence-electron chi connectivity index (χ0n) is 11.0. The molecule has 1 aromatic heterocycles. The van der Waals surface area contributed by atoms with Crippen molar-refractivity contribution in [2.45, 2.75) is 12.2 Å². The van der Waals surface area contributed by atoms with Crippen LogP contribution in [0.25, 0.3) is 0 Å². The number of nitrogens with one attached hydrogen (secondary N) is 1. The van der Waals surface area contributed by atoms with Gasteiger partial charge >= 0.3 is 6.03 Å². The zero-order chi connectivity index (χ0) is 13.3. The minimum absolute atomic E-state index is 0.0938. The van der Waals surface area contributed by atoms with Gasteiger partial charge in [0.25, 0.3) is 0 Å². The van der Waals surface area contributed by atoms with Crippen LogP contribution in [0.2, 0.25) is 0 Å². The lowest BCUT2D eigenvalue weighted by molar-refractivity contribution is 0.203. The van der Waals surface area contributed by atoms with Crippen molar-refractivity contribution in [2.24, 2.45) is 0 Å². The predicted octanol–water partition coefficient (Wildman–Crippen LogP) is 2.66. The molecule has 1 aliphatic heterocycles. The van der Waals surface area contributed by atoms with E-state index in [1.54, 1.807) is 6.26 Å². The molecule has 4 nitrogen and oxygen atoms in total. The van der Waals surface area contributed by atoms with Gasteiger partial charge in [-0.05, 0) is 24.3 Å². The number of rotatable bonds is 6. The minimum Gasteiger partial charge on any atom is -0.468 e. The van der Waals surface area contributed by atoms with Crippen LogP contribution in [0.5, 0.6) is 0 Å². The topological polar surface area (TPSA) is 45.5 Å². The van der Waals surface area contributed by atoms with Gasteiger partial charge in [-0.2, -0.15) is 23.5 Å². The van der Waals surface area contributed by atoms with Gasteiger partial charge in [0.1, 0.15) is 5.76 Å². The Balaban J connectivity index is 1.48. The molecule has 0 spiro atoms. The number of thioether (sulfide) groups is 2. The van der Waals surface area contributed by atoms with Crippen molar-refractivity contribution in [1.82, 2.24) is 10.2 Å². The highest BCUT2D eigenvalue weighted by atomic mass is 32.2. The molecule has 1 fully saturated rings. The number of amides is 2. The molecule has 2 heterocycles. The minimum atomic E-state index is 0.0938. The maximum Gasteiger partial charge on any atom is 0.317 e. The van der Waals surface area contributed by atoms with Crippen LogP contribution in [0.1, 0.15) is 12.2 Å². The smallest absolute Gasteiger partial charge is 0.317 e. The molecular formula is C13H20N2O2S2. The van der Waals surface area contributed by atoms with E-state index in [9.17, 15) is 4.79 Å². The molecule has 1 saturated heterocycles. The number of hydrogen-bond acceptors (Lipinski definition) is 4. The summed E-state index contributed by atoms with van der Waals surface area (Å²) in [6.45, 7) is 2.51. The van der Waals surface area contributed by atoms with Crippen molar-refractivity contribution in [2.75, 3.05) is 36.9 Å². The molecule has 0 bridgehead atoms. The van der Waals surface area contributed by atoms with Crippen molar-refractivity contribution in [3.63, 3.8) is 0 Å². The van der Waals surface area contributed by atoms with E-state index in [0.717, 1.165) is 54.8 Å². The van der Waals surface area contributed by atoms with E-state index in [1.165, 1.54) is 0 Å². The monoisotopic (exact) mass is 300 g/mol. The summed E-state index contributed by atoms with van der Waals surface area (Å²) in [7, 11) is 0. The van der Waals surface area contributed by atoms with Crippen LogP contribution in [0, 0.1) is 0 Å². The average molecular weight is 300 g/mol. The normalized spacial score (nSPS) is 15.5. The van der Waals surface area contributed by atoms with Crippen LogP contribution in [0.4, 0.5) is 4.79 Å². The molecule has 19 heavy (non-hydrogen) atoms.